The van der Waals surface area contributed by atoms with Crippen LogP contribution in [0, 0.1) is 0 Å². The van der Waals surface area contributed by atoms with Crippen LogP contribution in [-0.2, 0) is 13.0 Å². The second-order valence-corrected chi connectivity index (χ2v) is 7.64. The Morgan fingerprint density at radius 1 is 1.27 bits per heavy atom. The summed E-state index contributed by atoms with van der Waals surface area (Å²) >= 11 is 1.35. The van der Waals surface area contributed by atoms with Gasteiger partial charge in [-0.3, -0.25) is 25.0 Å². The summed E-state index contributed by atoms with van der Waals surface area (Å²) < 4.78 is 5.33. The maximum atomic E-state index is 12.9. The molecule has 5 heterocycles. The molecule has 0 aliphatic carbocycles. The Bertz CT molecular complexity index is 1200. The fourth-order valence-corrected chi connectivity index (χ4v) is 4.17. The van der Waals surface area contributed by atoms with Crippen molar-refractivity contribution in [2.24, 2.45) is 0 Å². The molecule has 150 valence electrons. The van der Waals surface area contributed by atoms with Crippen molar-refractivity contribution in [2.45, 2.75) is 13.0 Å². The van der Waals surface area contributed by atoms with Crippen molar-refractivity contribution in [1.82, 2.24) is 30.0 Å². The fraction of sp³-hybridized carbons (Fsp3) is 0.158. The van der Waals surface area contributed by atoms with Crippen molar-refractivity contribution in [3.05, 3.63) is 65.0 Å². The molecule has 0 spiro atoms. The molecule has 0 bridgehead atoms. The summed E-state index contributed by atoms with van der Waals surface area (Å²) in [5.41, 5.74) is 2.07. The van der Waals surface area contributed by atoms with Crippen LogP contribution in [0.3, 0.4) is 0 Å². The van der Waals surface area contributed by atoms with Crippen molar-refractivity contribution >= 4 is 28.3 Å². The van der Waals surface area contributed by atoms with Gasteiger partial charge in [0.25, 0.3) is 11.8 Å². The SMILES string of the molecule is O=C(Nc1nc2c(s1)CN(C(=O)c1cc(-c3ccco3)[nH]n1)CC2)c1cnccn1. The third-order valence-electron chi connectivity index (χ3n) is 4.62. The Balaban J connectivity index is 1.28. The lowest BCUT2D eigenvalue weighted by Gasteiger charge is -2.25. The molecule has 4 aromatic rings. The van der Waals surface area contributed by atoms with Gasteiger partial charge in [0, 0.05) is 36.3 Å². The second kappa shape index (κ2) is 7.52. The number of nitrogens with zero attached hydrogens (tertiary/aromatic N) is 5. The van der Waals surface area contributed by atoms with Crippen LogP contribution in [0.4, 0.5) is 5.13 Å². The number of rotatable bonds is 4. The number of thiazole rings is 1. The van der Waals surface area contributed by atoms with Crippen LogP contribution in [-0.4, -0.2) is 48.4 Å². The number of anilines is 1. The highest BCUT2D eigenvalue weighted by Gasteiger charge is 2.27. The summed E-state index contributed by atoms with van der Waals surface area (Å²) in [5.74, 6) is 0.0748. The van der Waals surface area contributed by atoms with E-state index in [2.05, 4.69) is 30.5 Å². The normalized spacial score (nSPS) is 13.1. The fourth-order valence-electron chi connectivity index (χ4n) is 3.15. The molecule has 0 radical (unpaired) electrons. The standard InChI is InChI=1S/C19H15N7O3S/c27-17(14-9-20-4-5-21-14)23-19-22-11-3-6-26(10-16(11)30-19)18(28)13-8-12(24-25-13)15-2-1-7-29-15/h1-2,4-5,7-9H,3,6,10H2,(H,24,25)(H,22,23,27). The van der Waals surface area contributed by atoms with Crippen LogP contribution in [0.15, 0.2) is 47.5 Å². The number of fused-ring (bicyclic) bond motifs is 1. The number of carbonyl (C=O) groups excluding carboxylic acids is 2. The number of H-pyrrole nitrogens is 1. The van der Waals surface area contributed by atoms with Crippen molar-refractivity contribution in [3.8, 4) is 11.5 Å². The van der Waals surface area contributed by atoms with Crippen molar-refractivity contribution in [3.63, 3.8) is 0 Å². The molecular formula is C19H15N7O3S. The maximum Gasteiger partial charge on any atom is 0.277 e. The summed E-state index contributed by atoms with van der Waals surface area (Å²) in [6, 6.07) is 5.24. The van der Waals surface area contributed by atoms with Gasteiger partial charge in [-0.1, -0.05) is 11.3 Å². The molecule has 0 saturated heterocycles. The summed E-state index contributed by atoms with van der Waals surface area (Å²) in [6.07, 6.45) is 6.52. The highest BCUT2D eigenvalue weighted by molar-refractivity contribution is 7.15. The zero-order chi connectivity index (χ0) is 20.5. The minimum Gasteiger partial charge on any atom is -0.463 e. The first-order valence-corrected chi connectivity index (χ1v) is 9.93. The highest BCUT2D eigenvalue weighted by atomic mass is 32.1. The number of furan rings is 1. The third kappa shape index (κ3) is 3.46. The quantitative estimate of drug-likeness (QED) is 0.517. The van der Waals surface area contributed by atoms with Crippen LogP contribution in [0.1, 0.15) is 31.5 Å². The van der Waals surface area contributed by atoms with E-state index in [0.29, 0.717) is 41.8 Å². The predicted octanol–water partition coefficient (Wildman–Crippen LogP) is 2.37. The number of nitrogens with one attached hydrogen (secondary N) is 2. The van der Waals surface area contributed by atoms with Gasteiger partial charge in [-0.15, -0.1) is 0 Å². The Morgan fingerprint density at radius 3 is 3.00 bits per heavy atom. The molecule has 0 aromatic carbocycles. The number of aromatic nitrogens is 5. The van der Waals surface area contributed by atoms with Crippen LogP contribution in [0.5, 0.6) is 0 Å². The van der Waals surface area contributed by atoms with Crippen LogP contribution >= 0.6 is 11.3 Å². The lowest BCUT2D eigenvalue weighted by Crippen LogP contribution is -2.35. The molecular weight excluding hydrogens is 406 g/mol. The Morgan fingerprint density at radius 2 is 2.20 bits per heavy atom. The Hall–Kier alpha value is -3.86. The van der Waals surface area contributed by atoms with E-state index in [-0.39, 0.29) is 17.5 Å². The van der Waals surface area contributed by atoms with E-state index in [4.69, 9.17) is 4.42 Å². The molecule has 0 unspecified atom stereocenters. The van der Waals surface area contributed by atoms with Gasteiger partial charge in [-0.05, 0) is 12.1 Å². The van der Waals surface area contributed by atoms with Gasteiger partial charge in [-0.2, -0.15) is 5.10 Å². The molecule has 5 rings (SSSR count). The van der Waals surface area contributed by atoms with Crippen LogP contribution < -0.4 is 5.32 Å². The molecule has 11 heteroatoms. The Kier molecular flexibility index (Phi) is 4.56. The third-order valence-corrected chi connectivity index (χ3v) is 5.62. The van der Waals surface area contributed by atoms with Gasteiger partial charge in [0.2, 0.25) is 0 Å². The first-order valence-electron chi connectivity index (χ1n) is 9.12. The molecule has 0 atom stereocenters. The largest absolute Gasteiger partial charge is 0.463 e. The summed E-state index contributed by atoms with van der Waals surface area (Å²) in [5, 5.41) is 10.2. The number of aromatic amines is 1. The van der Waals surface area contributed by atoms with Crippen molar-refractivity contribution < 1.29 is 14.0 Å². The average Bonchev–Trinajstić information content (AvgIpc) is 3.53. The smallest absolute Gasteiger partial charge is 0.277 e. The van der Waals surface area contributed by atoms with E-state index in [1.165, 1.54) is 29.9 Å². The zero-order valence-corrected chi connectivity index (χ0v) is 16.3. The number of carbonyl (C=O) groups is 2. The minimum atomic E-state index is -0.371. The Labute approximate surface area is 174 Å². The molecule has 1 aliphatic rings. The molecule has 2 N–H and O–H groups in total. The van der Waals surface area contributed by atoms with Gasteiger partial charge in [0.15, 0.2) is 16.6 Å². The molecule has 0 saturated carbocycles. The van der Waals surface area contributed by atoms with Crippen molar-refractivity contribution in [2.75, 3.05) is 11.9 Å². The molecule has 0 fully saturated rings. The summed E-state index contributed by atoms with van der Waals surface area (Å²) in [7, 11) is 0. The first kappa shape index (κ1) is 18.2. The van der Waals surface area contributed by atoms with E-state index >= 15 is 0 Å². The topological polar surface area (TPSA) is 130 Å². The minimum absolute atomic E-state index is 0.173. The number of hydrogen-bond acceptors (Lipinski definition) is 8. The van der Waals surface area contributed by atoms with Gasteiger partial charge in [0.1, 0.15) is 11.4 Å². The summed E-state index contributed by atoms with van der Waals surface area (Å²) in [6.45, 7) is 0.936. The van der Waals surface area contributed by atoms with Crippen LogP contribution in [0.2, 0.25) is 0 Å². The average molecular weight is 421 g/mol. The van der Waals surface area contributed by atoms with E-state index in [9.17, 15) is 9.59 Å². The van der Waals surface area contributed by atoms with Gasteiger partial charge in [0.05, 0.1) is 24.7 Å². The summed E-state index contributed by atoms with van der Waals surface area (Å²) in [4.78, 5) is 40.1. The van der Waals surface area contributed by atoms with E-state index in [1.54, 1.807) is 29.4 Å². The number of hydrogen-bond donors (Lipinski definition) is 2. The lowest BCUT2D eigenvalue weighted by molar-refractivity contribution is 0.0730. The second-order valence-electron chi connectivity index (χ2n) is 6.55. The lowest BCUT2D eigenvalue weighted by atomic mass is 10.1. The number of amides is 2. The van der Waals surface area contributed by atoms with Gasteiger partial charge >= 0.3 is 0 Å². The first-order chi connectivity index (χ1) is 14.7. The van der Waals surface area contributed by atoms with E-state index in [0.717, 1.165) is 10.6 Å². The monoisotopic (exact) mass is 421 g/mol. The van der Waals surface area contributed by atoms with Gasteiger partial charge < -0.3 is 9.32 Å². The van der Waals surface area contributed by atoms with E-state index < -0.39 is 0 Å². The van der Waals surface area contributed by atoms with Gasteiger partial charge in [-0.25, -0.2) is 9.97 Å². The molecule has 1 aliphatic heterocycles. The predicted molar refractivity (Wildman–Crippen MR) is 107 cm³/mol. The molecule has 30 heavy (non-hydrogen) atoms. The molecule has 2 amide bonds. The van der Waals surface area contributed by atoms with E-state index in [1.807, 2.05) is 0 Å². The molecule has 4 aromatic heterocycles. The zero-order valence-electron chi connectivity index (χ0n) is 15.5. The highest BCUT2D eigenvalue weighted by Crippen LogP contribution is 2.29. The maximum absolute atomic E-state index is 12.9. The van der Waals surface area contributed by atoms with Crippen LogP contribution in [0.25, 0.3) is 11.5 Å². The van der Waals surface area contributed by atoms with Crippen molar-refractivity contribution in [1.29, 1.82) is 0 Å². The molecule has 10 nitrogen and oxygen atoms in total.